The number of esters is 1. The standard InChI is InChI=1S/C24H26N4O3/c1-26(2)19-11-9-18(10-12-19)23(29)28-15-22-20(13-21(28)24(30)31-3)25-16-27(22)14-17-7-5-4-6-8-17/h4-12,16,21H,13-15H2,1-3H3/t21-/m0/s1. The van der Waals surface area contributed by atoms with E-state index in [1.165, 1.54) is 7.11 Å². The number of amides is 1. The molecule has 0 bridgehead atoms. The highest BCUT2D eigenvalue weighted by atomic mass is 16.5. The summed E-state index contributed by atoms with van der Waals surface area (Å²) in [5.41, 5.74) is 4.47. The molecule has 0 spiro atoms. The molecule has 2 aromatic carbocycles. The molecular formula is C24H26N4O3. The topological polar surface area (TPSA) is 67.7 Å². The smallest absolute Gasteiger partial charge is 0.329 e. The molecule has 0 fully saturated rings. The van der Waals surface area contributed by atoms with Crippen LogP contribution in [0.25, 0.3) is 0 Å². The molecule has 0 saturated carbocycles. The fourth-order valence-electron chi connectivity index (χ4n) is 3.91. The summed E-state index contributed by atoms with van der Waals surface area (Å²) in [6.45, 7) is 0.960. The highest BCUT2D eigenvalue weighted by Crippen LogP contribution is 2.26. The van der Waals surface area contributed by atoms with Gasteiger partial charge in [-0.15, -0.1) is 0 Å². The lowest BCUT2D eigenvalue weighted by molar-refractivity contribution is -0.146. The Morgan fingerprint density at radius 2 is 1.81 bits per heavy atom. The first-order valence-corrected chi connectivity index (χ1v) is 10.2. The maximum atomic E-state index is 13.4. The summed E-state index contributed by atoms with van der Waals surface area (Å²) in [6.07, 6.45) is 2.12. The van der Waals surface area contributed by atoms with Crippen molar-refractivity contribution in [1.82, 2.24) is 14.5 Å². The maximum Gasteiger partial charge on any atom is 0.329 e. The number of benzene rings is 2. The van der Waals surface area contributed by atoms with Crippen LogP contribution in [0, 0.1) is 0 Å². The number of aromatic nitrogens is 2. The average Bonchev–Trinajstić information content (AvgIpc) is 3.19. The van der Waals surface area contributed by atoms with Crippen molar-refractivity contribution in [1.29, 1.82) is 0 Å². The number of methoxy groups -OCH3 is 1. The fraction of sp³-hybridized carbons (Fsp3) is 0.292. The molecule has 7 nitrogen and oxygen atoms in total. The van der Waals surface area contributed by atoms with Crippen LogP contribution >= 0.6 is 0 Å². The Kier molecular flexibility index (Phi) is 5.75. The van der Waals surface area contributed by atoms with E-state index in [-0.39, 0.29) is 5.91 Å². The molecule has 0 radical (unpaired) electrons. The van der Waals surface area contributed by atoms with Gasteiger partial charge in [0.25, 0.3) is 5.91 Å². The lowest BCUT2D eigenvalue weighted by Crippen LogP contribution is -2.49. The molecule has 1 amide bonds. The second kappa shape index (κ2) is 8.63. The molecule has 3 aromatic rings. The minimum Gasteiger partial charge on any atom is -0.467 e. The van der Waals surface area contributed by atoms with Crippen LogP contribution in [-0.2, 0) is 29.0 Å². The normalized spacial score (nSPS) is 15.3. The highest BCUT2D eigenvalue weighted by Gasteiger charge is 2.38. The van der Waals surface area contributed by atoms with Gasteiger partial charge >= 0.3 is 5.97 Å². The molecule has 1 atom stereocenters. The Balaban J connectivity index is 1.64. The van der Waals surface area contributed by atoms with Crippen molar-refractivity contribution in [3.8, 4) is 0 Å². The number of hydrogen-bond donors (Lipinski definition) is 0. The summed E-state index contributed by atoms with van der Waals surface area (Å²) in [5, 5.41) is 0. The van der Waals surface area contributed by atoms with Crippen LogP contribution in [0.5, 0.6) is 0 Å². The van der Waals surface area contributed by atoms with Crippen molar-refractivity contribution in [2.75, 3.05) is 26.1 Å². The van der Waals surface area contributed by atoms with Crippen LogP contribution in [0.2, 0.25) is 0 Å². The summed E-state index contributed by atoms with van der Waals surface area (Å²) < 4.78 is 7.05. The first-order valence-electron chi connectivity index (χ1n) is 10.2. The van der Waals surface area contributed by atoms with Gasteiger partial charge in [0, 0.05) is 38.3 Å². The molecule has 2 heterocycles. The molecule has 0 saturated heterocycles. The van der Waals surface area contributed by atoms with E-state index in [1.807, 2.05) is 53.9 Å². The lowest BCUT2D eigenvalue weighted by Gasteiger charge is -2.34. The van der Waals surface area contributed by atoms with Crippen LogP contribution in [-0.4, -0.2) is 53.6 Å². The third kappa shape index (κ3) is 4.17. The Morgan fingerprint density at radius 1 is 1.10 bits per heavy atom. The molecule has 0 aliphatic carbocycles. The van der Waals surface area contributed by atoms with Crippen LogP contribution in [0.4, 0.5) is 5.69 Å². The minimum atomic E-state index is -0.696. The summed E-state index contributed by atoms with van der Waals surface area (Å²) >= 11 is 0. The predicted octanol–water partition coefficient (Wildman–Crippen LogP) is 2.74. The second-order valence-corrected chi connectivity index (χ2v) is 7.87. The molecule has 7 heteroatoms. The van der Waals surface area contributed by atoms with E-state index in [0.29, 0.717) is 25.1 Å². The lowest BCUT2D eigenvalue weighted by atomic mass is 10.0. The van der Waals surface area contributed by atoms with Crippen molar-refractivity contribution < 1.29 is 14.3 Å². The van der Waals surface area contributed by atoms with Gasteiger partial charge in [-0.25, -0.2) is 9.78 Å². The molecule has 1 aliphatic heterocycles. The number of anilines is 1. The summed E-state index contributed by atoms with van der Waals surface area (Å²) in [5.74, 6) is -0.625. The van der Waals surface area contributed by atoms with Gasteiger partial charge in [0.2, 0.25) is 0 Å². The van der Waals surface area contributed by atoms with E-state index >= 15 is 0 Å². The molecular weight excluding hydrogens is 392 g/mol. The van der Waals surface area contributed by atoms with Crippen molar-refractivity contribution in [3.63, 3.8) is 0 Å². The van der Waals surface area contributed by atoms with E-state index in [1.54, 1.807) is 23.4 Å². The van der Waals surface area contributed by atoms with E-state index in [9.17, 15) is 9.59 Å². The number of carbonyl (C=O) groups excluding carboxylic acids is 2. The van der Waals surface area contributed by atoms with Gasteiger partial charge in [0.05, 0.1) is 31.4 Å². The molecule has 1 aliphatic rings. The Labute approximate surface area is 181 Å². The Hall–Kier alpha value is -3.61. The SMILES string of the molecule is COC(=O)[C@@H]1Cc2ncn(Cc3ccccc3)c2CN1C(=O)c1ccc(N(C)C)cc1. The largest absolute Gasteiger partial charge is 0.467 e. The first kappa shape index (κ1) is 20.7. The summed E-state index contributed by atoms with van der Waals surface area (Å²) in [4.78, 5) is 34.0. The van der Waals surface area contributed by atoms with E-state index < -0.39 is 12.0 Å². The van der Waals surface area contributed by atoms with Gasteiger partial charge < -0.3 is 19.1 Å². The monoisotopic (exact) mass is 418 g/mol. The zero-order chi connectivity index (χ0) is 22.0. The molecule has 0 N–H and O–H groups in total. The van der Waals surface area contributed by atoms with E-state index in [2.05, 4.69) is 17.1 Å². The summed E-state index contributed by atoms with van der Waals surface area (Å²) in [7, 11) is 5.24. The quantitative estimate of drug-likeness (QED) is 0.596. The van der Waals surface area contributed by atoms with Gasteiger partial charge in [-0.1, -0.05) is 30.3 Å². The predicted molar refractivity (Wildman–Crippen MR) is 118 cm³/mol. The highest BCUT2D eigenvalue weighted by molar-refractivity contribution is 5.97. The van der Waals surface area contributed by atoms with Crippen LogP contribution in [0.3, 0.4) is 0 Å². The summed E-state index contributed by atoms with van der Waals surface area (Å²) in [6, 6.07) is 16.8. The average molecular weight is 418 g/mol. The van der Waals surface area contributed by atoms with Crippen molar-refractivity contribution in [2.45, 2.75) is 25.6 Å². The van der Waals surface area contributed by atoms with Gasteiger partial charge in [0.15, 0.2) is 0 Å². The number of ether oxygens (including phenoxy) is 1. The van der Waals surface area contributed by atoms with Crippen molar-refractivity contribution in [2.24, 2.45) is 0 Å². The molecule has 0 unspecified atom stereocenters. The second-order valence-electron chi connectivity index (χ2n) is 7.87. The van der Waals surface area contributed by atoms with Crippen LogP contribution in [0.1, 0.15) is 27.3 Å². The number of nitrogens with zero attached hydrogens (tertiary/aromatic N) is 4. The molecule has 31 heavy (non-hydrogen) atoms. The molecule has 160 valence electrons. The van der Waals surface area contributed by atoms with Gasteiger partial charge in [0.1, 0.15) is 6.04 Å². The minimum absolute atomic E-state index is 0.196. The maximum absolute atomic E-state index is 13.4. The number of carbonyl (C=O) groups is 2. The Bertz CT molecular complexity index is 1070. The van der Waals surface area contributed by atoms with Gasteiger partial charge in [-0.05, 0) is 29.8 Å². The number of fused-ring (bicyclic) bond motifs is 1. The Morgan fingerprint density at radius 3 is 2.45 bits per heavy atom. The van der Waals surface area contributed by atoms with E-state index in [4.69, 9.17) is 4.74 Å². The number of hydrogen-bond acceptors (Lipinski definition) is 5. The van der Waals surface area contributed by atoms with Gasteiger partial charge in [-0.2, -0.15) is 0 Å². The van der Waals surface area contributed by atoms with E-state index in [0.717, 1.165) is 22.6 Å². The zero-order valence-electron chi connectivity index (χ0n) is 18.0. The van der Waals surface area contributed by atoms with Gasteiger partial charge in [-0.3, -0.25) is 4.79 Å². The molecule has 4 rings (SSSR count). The third-order valence-electron chi connectivity index (χ3n) is 5.68. The van der Waals surface area contributed by atoms with Crippen molar-refractivity contribution in [3.05, 3.63) is 83.4 Å². The van der Waals surface area contributed by atoms with Crippen LogP contribution in [0.15, 0.2) is 60.9 Å². The third-order valence-corrected chi connectivity index (χ3v) is 5.68. The fourth-order valence-corrected chi connectivity index (χ4v) is 3.91. The zero-order valence-corrected chi connectivity index (χ0v) is 18.0. The number of imidazole rings is 1. The van der Waals surface area contributed by atoms with Crippen LogP contribution < -0.4 is 4.90 Å². The molecule has 1 aromatic heterocycles. The first-order chi connectivity index (χ1) is 15.0. The number of rotatable bonds is 5. The van der Waals surface area contributed by atoms with Crippen molar-refractivity contribution >= 4 is 17.6 Å².